The molecule has 5 nitrogen and oxygen atoms in total. The summed E-state index contributed by atoms with van der Waals surface area (Å²) < 4.78 is 26.7. The molecule has 0 aliphatic rings. The number of nitrogens with zero attached hydrogens (tertiary/aromatic N) is 2. The van der Waals surface area contributed by atoms with Crippen LogP contribution in [-0.2, 0) is 10.0 Å². The fourth-order valence-electron chi connectivity index (χ4n) is 1.52. The van der Waals surface area contributed by atoms with Crippen molar-refractivity contribution in [3.63, 3.8) is 0 Å². The molecule has 1 heterocycles. The molecule has 0 amide bonds. The molecule has 18 heavy (non-hydrogen) atoms. The number of anilines is 1. The molecule has 0 aliphatic carbocycles. The third-order valence-electron chi connectivity index (χ3n) is 2.42. The molecular weight excluding hydrogens is 250 g/mol. The van der Waals surface area contributed by atoms with Gasteiger partial charge in [-0.15, -0.1) is 0 Å². The van der Waals surface area contributed by atoms with E-state index in [2.05, 4.69) is 14.7 Å². The third kappa shape index (κ3) is 2.65. The Morgan fingerprint density at radius 2 is 1.78 bits per heavy atom. The van der Waals surface area contributed by atoms with E-state index in [1.54, 1.807) is 25.1 Å². The number of aromatic nitrogens is 2. The summed E-state index contributed by atoms with van der Waals surface area (Å²) in [4.78, 5) is 7.93. The van der Waals surface area contributed by atoms with E-state index in [0.717, 1.165) is 5.56 Å². The first-order valence-electron chi connectivity index (χ1n) is 5.36. The number of hydrogen-bond donors (Lipinski definition) is 1. The average molecular weight is 263 g/mol. The minimum absolute atomic E-state index is 0.0680. The summed E-state index contributed by atoms with van der Waals surface area (Å²) >= 11 is 0. The van der Waals surface area contributed by atoms with Crippen LogP contribution in [0, 0.1) is 13.8 Å². The predicted molar refractivity (Wildman–Crippen MR) is 68.8 cm³/mol. The maximum Gasteiger partial charge on any atom is 0.264 e. The summed E-state index contributed by atoms with van der Waals surface area (Å²) in [6.07, 6.45) is 2.96. The van der Waals surface area contributed by atoms with Crippen LogP contribution in [-0.4, -0.2) is 18.4 Å². The van der Waals surface area contributed by atoms with Gasteiger partial charge < -0.3 is 0 Å². The molecule has 94 valence electrons. The summed E-state index contributed by atoms with van der Waals surface area (Å²) in [7, 11) is -3.64. The molecule has 6 heteroatoms. The second-order valence-electron chi connectivity index (χ2n) is 3.95. The fourth-order valence-corrected chi connectivity index (χ4v) is 2.81. The van der Waals surface area contributed by atoms with Crippen LogP contribution < -0.4 is 4.72 Å². The van der Waals surface area contributed by atoms with Crippen molar-refractivity contribution in [1.29, 1.82) is 0 Å². The van der Waals surface area contributed by atoms with Crippen LogP contribution in [0.15, 0.2) is 41.6 Å². The molecule has 2 aromatic rings. The number of sulfonamides is 1. The van der Waals surface area contributed by atoms with Crippen LogP contribution in [0.1, 0.15) is 11.1 Å². The lowest BCUT2D eigenvalue weighted by Crippen LogP contribution is -2.16. The largest absolute Gasteiger partial charge is 0.264 e. The van der Waals surface area contributed by atoms with E-state index in [1.165, 1.54) is 12.4 Å². The Kier molecular flexibility index (Phi) is 3.29. The van der Waals surface area contributed by atoms with Crippen LogP contribution in [0.25, 0.3) is 0 Å². The lowest BCUT2D eigenvalue weighted by atomic mass is 10.2. The van der Waals surface area contributed by atoms with Crippen molar-refractivity contribution in [1.82, 2.24) is 9.97 Å². The van der Waals surface area contributed by atoms with Gasteiger partial charge in [-0.05, 0) is 37.1 Å². The van der Waals surface area contributed by atoms with Gasteiger partial charge in [0.15, 0.2) is 0 Å². The Bertz CT molecular complexity index is 654. The molecule has 0 radical (unpaired) electrons. The Balaban J connectivity index is 2.40. The number of aryl methyl sites for hydroxylation is 2. The van der Waals surface area contributed by atoms with E-state index >= 15 is 0 Å². The molecule has 1 N–H and O–H groups in total. The lowest BCUT2D eigenvalue weighted by molar-refractivity contribution is 0.600. The fraction of sp³-hybridized carbons (Fsp3) is 0.167. The van der Waals surface area contributed by atoms with E-state index in [-0.39, 0.29) is 10.8 Å². The van der Waals surface area contributed by atoms with Crippen LogP contribution >= 0.6 is 0 Å². The summed E-state index contributed by atoms with van der Waals surface area (Å²) in [6, 6.07) is 6.89. The molecule has 1 aromatic heterocycles. The number of nitrogens with one attached hydrogen (secondary N) is 1. The molecule has 1 aromatic carbocycles. The number of rotatable bonds is 3. The van der Waals surface area contributed by atoms with Gasteiger partial charge in [0.2, 0.25) is 5.95 Å². The van der Waals surface area contributed by atoms with Gasteiger partial charge in [-0.1, -0.05) is 12.1 Å². The van der Waals surface area contributed by atoms with E-state index < -0.39 is 10.0 Å². The van der Waals surface area contributed by atoms with Crippen molar-refractivity contribution >= 4 is 16.0 Å². The monoisotopic (exact) mass is 263 g/mol. The van der Waals surface area contributed by atoms with Gasteiger partial charge >= 0.3 is 0 Å². The highest BCUT2D eigenvalue weighted by molar-refractivity contribution is 7.92. The average Bonchev–Trinajstić information content (AvgIpc) is 2.33. The van der Waals surface area contributed by atoms with Gasteiger partial charge in [-0.25, -0.2) is 23.1 Å². The Labute approximate surface area is 106 Å². The summed E-state index contributed by atoms with van der Waals surface area (Å²) in [5.41, 5.74) is 1.57. The lowest BCUT2D eigenvalue weighted by Gasteiger charge is -2.09. The minimum Gasteiger partial charge on any atom is -0.247 e. The minimum atomic E-state index is -3.64. The van der Waals surface area contributed by atoms with Crippen molar-refractivity contribution in [3.05, 3.63) is 47.8 Å². The van der Waals surface area contributed by atoms with E-state index in [9.17, 15) is 8.42 Å². The van der Waals surface area contributed by atoms with Crippen LogP contribution in [0.4, 0.5) is 5.95 Å². The molecular formula is C12H13N3O2S. The summed E-state index contributed by atoms with van der Waals surface area (Å²) in [5.74, 6) is 0.0680. The van der Waals surface area contributed by atoms with Crippen molar-refractivity contribution in [3.8, 4) is 0 Å². The van der Waals surface area contributed by atoms with Gasteiger partial charge in [0.1, 0.15) is 0 Å². The number of hydrogen-bond acceptors (Lipinski definition) is 4. The molecule has 0 saturated heterocycles. The Morgan fingerprint density at radius 3 is 2.44 bits per heavy atom. The van der Waals surface area contributed by atoms with Gasteiger partial charge in [0.05, 0.1) is 4.90 Å². The Hall–Kier alpha value is -1.95. The first kappa shape index (κ1) is 12.5. The standard InChI is InChI=1S/C12H13N3O2S/c1-9-4-5-10(2)11(8-9)18(16,17)15-12-13-6-3-7-14-12/h3-8H,1-2H3,(H,13,14,15). The maximum absolute atomic E-state index is 12.2. The van der Waals surface area contributed by atoms with Gasteiger partial charge in [0, 0.05) is 12.4 Å². The third-order valence-corrected chi connectivity index (χ3v) is 3.89. The van der Waals surface area contributed by atoms with Gasteiger partial charge in [-0.2, -0.15) is 0 Å². The summed E-state index contributed by atoms with van der Waals surface area (Å²) in [5, 5.41) is 0. The van der Waals surface area contributed by atoms with E-state index in [4.69, 9.17) is 0 Å². The highest BCUT2D eigenvalue weighted by Crippen LogP contribution is 2.18. The molecule has 0 unspecified atom stereocenters. The molecule has 0 aliphatic heterocycles. The van der Waals surface area contributed by atoms with Crippen molar-refractivity contribution < 1.29 is 8.42 Å². The van der Waals surface area contributed by atoms with Crippen molar-refractivity contribution in [2.75, 3.05) is 4.72 Å². The Morgan fingerprint density at radius 1 is 1.11 bits per heavy atom. The normalized spacial score (nSPS) is 11.2. The van der Waals surface area contributed by atoms with Gasteiger partial charge in [-0.3, -0.25) is 0 Å². The molecule has 2 rings (SSSR count). The zero-order valence-corrected chi connectivity index (χ0v) is 10.9. The molecule has 0 fully saturated rings. The molecule has 0 saturated carbocycles. The SMILES string of the molecule is Cc1ccc(C)c(S(=O)(=O)Nc2ncccn2)c1. The highest BCUT2D eigenvalue weighted by atomic mass is 32.2. The number of benzene rings is 1. The predicted octanol–water partition coefficient (Wildman–Crippen LogP) is 1.89. The topological polar surface area (TPSA) is 72.0 Å². The zero-order chi connectivity index (χ0) is 13.2. The van der Waals surface area contributed by atoms with Gasteiger partial charge in [0.25, 0.3) is 10.0 Å². The van der Waals surface area contributed by atoms with E-state index in [0.29, 0.717) is 5.56 Å². The second-order valence-corrected chi connectivity index (χ2v) is 5.60. The quantitative estimate of drug-likeness (QED) is 0.918. The smallest absolute Gasteiger partial charge is 0.247 e. The van der Waals surface area contributed by atoms with Crippen molar-refractivity contribution in [2.24, 2.45) is 0 Å². The first-order chi connectivity index (χ1) is 8.49. The first-order valence-corrected chi connectivity index (χ1v) is 6.84. The molecule has 0 spiro atoms. The molecule has 0 bridgehead atoms. The van der Waals surface area contributed by atoms with Crippen LogP contribution in [0.3, 0.4) is 0 Å². The maximum atomic E-state index is 12.2. The van der Waals surface area contributed by atoms with Crippen LogP contribution in [0.5, 0.6) is 0 Å². The van der Waals surface area contributed by atoms with Crippen molar-refractivity contribution in [2.45, 2.75) is 18.7 Å². The summed E-state index contributed by atoms with van der Waals surface area (Å²) in [6.45, 7) is 3.59. The second kappa shape index (κ2) is 4.73. The highest BCUT2D eigenvalue weighted by Gasteiger charge is 2.17. The molecule has 0 atom stereocenters. The van der Waals surface area contributed by atoms with Crippen LogP contribution in [0.2, 0.25) is 0 Å². The van der Waals surface area contributed by atoms with E-state index in [1.807, 2.05) is 13.0 Å². The zero-order valence-electron chi connectivity index (χ0n) is 10.1.